The van der Waals surface area contributed by atoms with Crippen molar-refractivity contribution in [1.82, 2.24) is 0 Å². The monoisotopic (exact) mass is 373 g/mol. The summed E-state index contributed by atoms with van der Waals surface area (Å²) in [6, 6.07) is 18.0. The molecule has 27 heavy (non-hydrogen) atoms. The van der Waals surface area contributed by atoms with Crippen LogP contribution in [0.25, 0.3) is 0 Å². The summed E-state index contributed by atoms with van der Waals surface area (Å²) in [6.45, 7) is 0. The molecular weight excluding hydrogens is 358 g/mol. The number of amides is 1. The van der Waals surface area contributed by atoms with Gasteiger partial charge >= 0.3 is 0 Å². The minimum Gasteiger partial charge on any atom is -0.322 e. The Kier molecular flexibility index (Phi) is 4.42. The summed E-state index contributed by atoms with van der Waals surface area (Å²) in [6.07, 6.45) is 1.43. The number of nitriles is 1. The molecule has 6 nitrogen and oxygen atoms in total. The number of thiophene rings is 1. The van der Waals surface area contributed by atoms with Crippen LogP contribution in [0.1, 0.15) is 27.7 Å². The average Bonchev–Trinajstić information content (AvgIpc) is 3.19. The molecule has 1 aromatic heterocycles. The number of nitrogens with two attached hydrogens (primary N) is 1. The van der Waals surface area contributed by atoms with Crippen LogP contribution in [0, 0.1) is 11.3 Å². The second-order valence-corrected chi connectivity index (χ2v) is 6.87. The van der Waals surface area contributed by atoms with Crippen molar-refractivity contribution < 1.29 is 4.79 Å². The Morgan fingerprint density at radius 3 is 2.81 bits per heavy atom. The Labute approximate surface area is 160 Å². The van der Waals surface area contributed by atoms with Crippen LogP contribution in [0.15, 0.2) is 65.0 Å². The Bertz CT molecular complexity index is 1060. The van der Waals surface area contributed by atoms with Crippen molar-refractivity contribution in [3.8, 4) is 6.07 Å². The summed E-state index contributed by atoms with van der Waals surface area (Å²) in [5.74, 6) is -0.265. The molecule has 7 heteroatoms. The number of hydrogen-bond donors (Lipinski definition) is 2. The maximum absolute atomic E-state index is 12.4. The van der Waals surface area contributed by atoms with Crippen molar-refractivity contribution >= 4 is 40.0 Å². The largest absolute Gasteiger partial charge is 0.322 e. The van der Waals surface area contributed by atoms with E-state index in [1.165, 1.54) is 0 Å². The van der Waals surface area contributed by atoms with Gasteiger partial charge in [-0.05, 0) is 53.9 Å². The van der Waals surface area contributed by atoms with Gasteiger partial charge in [-0.1, -0.05) is 6.07 Å². The van der Waals surface area contributed by atoms with Crippen molar-refractivity contribution in [3.63, 3.8) is 0 Å². The van der Waals surface area contributed by atoms with Gasteiger partial charge in [-0.3, -0.25) is 4.79 Å². The van der Waals surface area contributed by atoms with Crippen LogP contribution in [0.5, 0.6) is 0 Å². The normalized spacial score (nSPS) is 15.1. The number of anilines is 2. The first-order chi connectivity index (χ1) is 13.2. The number of nitrogens with zero attached hydrogens (tertiary/aromatic N) is 3. The van der Waals surface area contributed by atoms with E-state index in [1.807, 2.05) is 46.7 Å². The van der Waals surface area contributed by atoms with Gasteiger partial charge in [0.25, 0.3) is 5.91 Å². The van der Waals surface area contributed by atoms with Gasteiger partial charge in [-0.2, -0.15) is 5.26 Å². The third-order valence-electron chi connectivity index (χ3n) is 4.27. The SMILES string of the molecule is N#Cc1cccc(C(=O)Nc2ccc(N3C=Nc4sccc4C3N)cc2)c1. The maximum Gasteiger partial charge on any atom is 0.255 e. The first-order valence-corrected chi connectivity index (χ1v) is 9.11. The number of nitrogens with one attached hydrogen (secondary N) is 1. The van der Waals surface area contributed by atoms with E-state index in [-0.39, 0.29) is 12.1 Å². The summed E-state index contributed by atoms with van der Waals surface area (Å²) in [7, 11) is 0. The molecule has 1 aliphatic heterocycles. The highest BCUT2D eigenvalue weighted by Crippen LogP contribution is 2.36. The Hall–Kier alpha value is -3.47. The van der Waals surface area contributed by atoms with Crippen LogP contribution >= 0.6 is 11.3 Å². The molecule has 0 saturated carbocycles. The molecule has 1 atom stereocenters. The van der Waals surface area contributed by atoms with Crippen LogP contribution in [-0.4, -0.2) is 12.2 Å². The van der Waals surface area contributed by atoms with E-state index in [4.69, 9.17) is 11.0 Å². The van der Waals surface area contributed by atoms with E-state index in [9.17, 15) is 4.79 Å². The van der Waals surface area contributed by atoms with Gasteiger partial charge in [-0.15, -0.1) is 11.3 Å². The third kappa shape index (κ3) is 3.31. The molecule has 1 unspecified atom stereocenters. The summed E-state index contributed by atoms with van der Waals surface area (Å²) in [5.41, 5.74) is 9.76. The van der Waals surface area contributed by atoms with E-state index < -0.39 is 0 Å². The van der Waals surface area contributed by atoms with Crippen LogP contribution < -0.4 is 16.0 Å². The topological polar surface area (TPSA) is 94.5 Å². The number of benzene rings is 2. The summed E-state index contributed by atoms with van der Waals surface area (Å²) in [4.78, 5) is 18.7. The van der Waals surface area contributed by atoms with Crippen molar-refractivity contribution in [1.29, 1.82) is 5.26 Å². The van der Waals surface area contributed by atoms with Crippen molar-refractivity contribution in [3.05, 3.63) is 76.7 Å². The highest BCUT2D eigenvalue weighted by atomic mass is 32.1. The number of rotatable bonds is 3. The molecule has 1 amide bonds. The molecule has 0 fully saturated rings. The smallest absolute Gasteiger partial charge is 0.255 e. The van der Waals surface area contributed by atoms with Gasteiger partial charge in [0.05, 0.1) is 18.0 Å². The van der Waals surface area contributed by atoms with Gasteiger partial charge in [0, 0.05) is 22.5 Å². The molecular formula is C20H15N5OS. The molecule has 0 spiro atoms. The van der Waals surface area contributed by atoms with Crippen molar-refractivity contribution in [2.24, 2.45) is 10.7 Å². The van der Waals surface area contributed by atoms with Gasteiger partial charge in [-0.25, -0.2) is 4.99 Å². The first-order valence-electron chi connectivity index (χ1n) is 8.23. The lowest BCUT2D eigenvalue weighted by atomic mass is 10.1. The molecule has 0 aliphatic carbocycles. The molecule has 132 valence electrons. The summed E-state index contributed by atoms with van der Waals surface area (Å²) >= 11 is 1.56. The van der Waals surface area contributed by atoms with Gasteiger partial charge < -0.3 is 16.0 Å². The molecule has 0 bridgehead atoms. The predicted molar refractivity (Wildman–Crippen MR) is 107 cm³/mol. The standard InChI is InChI=1S/C20H15N5OS/c21-11-13-2-1-3-14(10-13)19(26)24-15-4-6-16(7-5-15)25-12-23-20-17(18(25)22)8-9-27-20/h1-10,12,18H,22H2,(H,24,26). The van der Waals surface area contributed by atoms with E-state index in [1.54, 1.807) is 41.9 Å². The fourth-order valence-corrected chi connectivity index (χ4v) is 3.63. The first kappa shape index (κ1) is 17.0. The molecule has 4 rings (SSSR count). The van der Waals surface area contributed by atoms with Crippen molar-refractivity contribution in [2.75, 3.05) is 10.2 Å². The third-order valence-corrected chi connectivity index (χ3v) is 5.11. The minimum absolute atomic E-state index is 0.265. The van der Waals surface area contributed by atoms with Gasteiger partial charge in [0.1, 0.15) is 11.2 Å². The van der Waals surface area contributed by atoms with E-state index >= 15 is 0 Å². The van der Waals surface area contributed by atoms with Gasteiger partial charge in [0.15, 0.2) is 0 Å². The zero-order valence-electron chi connectivity index (χ0n) is 14.2. The zero-order valence-corrected chi connectivity index (χ0v) is 15.0. The van der Waals surface area contributed by atoms with Gasteiger partial charge in [0.2, 0.25) is 0 Å². The minimum atomic E-state index is -0.294. The Morgan fingerprint density at radius 2 is 2.04 bits per heavy atom. The molecule has 3 aromatic rings. The molecule has 1 aliphatic rings. The quantitative estimate of drug-likeness (QED) is 0.725. The number of hydrogen-bond acceptors (Lipinski definition) is 6. The van der Waals surface area contributed by atoms with Crippen LogP contribution in [0.3, 0.4) is 0 Å². The summed E-state index contributed by atoms with van der Waals surface area (Å²) in [5, 5.41) is 14.7. The second-order valence-electron chi connectivity index (χ2n) is 5.97. The number of carbonyl (C=O) groups excluding carboxylic acids is 1. The number of carbonyl (C=O) groups is 1. The highest BCUT2D eigenvalue weighted by molar-refractivity contribution is 7.14. The van der Waals surface area contributed by atoms with E-state index in [2.05, 4.69) is 10.3 Å². The number of fused-ring (bicyclic) bond motifs is 1. The average molecular weight is 373 g/mol. The lowest BCUT2D eigenvalue weighted by Gasteiger charge is -2.29. The van der Waals surface area contributed by atoms with Crippen molar-refractivity contribution in [2.45, 2.75) is 6.17 Å². The predicted octanol–water partition coefficient (Wildman–Crippen LogP) is 4.01. The molecule has 2 aromatic carbocycles. The highest BCUT2D eigenvalue weighted by Gasteiger charge is 2.23. The zero-order chi connectivity index (χ0) is 18.8. The fraction of sp³-hybridized carbons (Fsp3) is 0.0500. The Morgan fingerprint density at radius 1 is 1.22 bits per heavy atom. The van der Waals surface area contributed by atoms with Crippen LogP contribution in [0.2, 0.25) is 0 Å². The lowest BCUT2D eigenvalue weighted by molar-refractivity contribution is 0.102. The number of aliphatic imine (C=N–C) groups is 1. The van der Waals surface area contributed by atoms with Crippen LogP contribution in [0.4, 0.5) is 16.4 Å². The molecule has 0 radical (unpaired) electrons. The van der Waals surface area contributed by atoms with E-state index in [0.29, 0.717) is 16.8 Å². The molecule has 0 saturated heterocycles. The lowest BCUT2D eigenvalue weighted by Crippen LogP contribution is -2.35. The van der Waals surface area contributed by atoms with E-state index in [0.717, 1.165) is 16.3 Å². The maximum atomic E-state index is 12.4. The van der Waals surface area contributed by atoms with Crippen LogP contribution in [-0.2, 0) is 0 Å². The Balaban J connectivity index is 1.49. The molecule has 2 heterocycles. The second kappa shape index (κ2) is 7.03. The molecule has 3 N–H and O–H groups in total. The summed E-state index contributed by atoms with van der Waals surface area (Å²) < 4.78 is 0. The fourth-order valence-electron chi connectivity index (χ4n) is 2.85.